The van der Waals surface area contributed by atoms with Crippen LogP contribution in [0.4, 0.5) is 0 Å². The molecule has 0 radical (unpaired) electrons. The molecule has 0 aliphatic heterocycles. The number of aromatic nitrogens is 3. The topological polar surface area (TPSA) is 70.9 Å². The Kier molecular flexibility index (Phi) is 3.47. The van der Waals surface area contributed by atoms with Crippen molar-refractivity contribution in [2.75, 3.05) is 0 Å². The minimum atomic E-state index is -0.191. The first-order chi connectivity index (χ1) is 7.74. The fourth-order valence-corrected chi connectivity index (χ4v) is 3.28. The second-order valence-electron chi connectivity index (χ2n) is 3.04. The van der Waals surface area contributed by atoms with Crippen LogP contribution in [0.3, 0.4) is 0 Å². The summed E-state index contributed by atoms with van der Waals surface area (Å²) in [5.41, 5.74) is -0.191. The number of thiophene rings is 1. The van der Waals surface area contributed by atoms with Crippen LogP contribution in [0.25, 0.3) is 0 Å². The summed E-state index contributed by atoms with van der Waals surface area (Å²) in [6.07, 6.45) is 0. The van der Waals surface area contributed by atoms with Gasteiger partial charge in [-0.05, 0) is 30.8 Å². The van der Waals surface area contributed by atoms with Crippen molar-refractivity contribution in [3.63, 3.8) is 0 Å². The number of H-pyrrole nitrogens is 1. The minimum Gasteiger partial charge on any atom is -0.391 e. The highest BCUT2D eigenvalue weighted by Crippen LogP contribution is 2.31. The molecule has 7 heteroatoms. The molecule has 0 spiro atoms. The Morgan fingerprint density at radius 3 is 3.06 bits per heavy atom. The number of rotatable bonds is 4. The quantitative estimate of drug-likeness (QED) is 0.866. The third kappa shape index (κ3) is 2.21. The molecule has 0 saturated heterocycles. The van der Waals surface area contributed by atoms with Crippen molar-refractivity contribution in [2.24, 2.45) is 0 Å². The van der Waals surface area contributed by atoms with E-state index in [4.69, 9.17) is 5.11 Å². The Bertz CT molecular complexity index is 529. The van der Waals surface area contributed by atoms with Crippen LogP contribution in [-0.2, 0) is 13.2 Å². The smallest absolute Gasteiger partial charge is 0.343 e. The van der Waals surface area contributed by atoms with Crippen LogP contribution in [0.1, 0.15) is 11.8 Å². The van der Waals surface area contributed by atoms with E-state index in [1.165, 1.54) is 23.1 Å². The Morgan fingerprint density at radius 2 is 2.44 bits per heavy atom. The fourth-order valence-electron chi connectivity index (χ4n) is 1.25. The lowest BCUT2D eigenvalue weighted by Gasteiger charge is -1.98. The van der Waals surface area contributed by atoms with Crippen LogP contribution < -0.4 is 5.69 Å². The summed E-state index contributed by atoms with van der Waals surface area (Å²) in [7, 11) is 0. The van der Waals surface area contributed by atoms with Gasteiger partial charge in [0.2, 0.25) is 0 Å². The Morgan fingerprint density at radius 1 is 1.62 bits per heavy atom. The van der Waals surface area contributed by atoms with Crippen molar-refractivity contribution >= 4 is 23.1 Å². The van der Waals surface area contributed by atoms with Gasteiger partial charge in [0.1, 0.15) is 0 Å². The van der Waals surface area contributed by atoms with E-state index in [0.29, 0.717) is 11.7 Å². The first-order valence-corrected chi connectivity index (χ1v) is 6.40. The van der Waals surface area contributed by atoms with Crippen molar-refractivity contribution in [1.29, 1.82) is 0 Å². The van der Waals surface area contributed by atoms with Gasteiger partial charge in [-0.3, -0.25) is 4.57 Å². The molecule has 2 heterocycles. The van der Waals surface area contributed by atoms with Gasteiger partial charge in [-0.1, -0.05) is 0 Å². The zero-order valence-corrected chi connectivity index (χ0v) is 10.3. The van der Waals surface area contributed by atoms with E-state index in [0.717, 1.165) is 9.09 Å². The van der Waals surface area contributed by atoms with E-state index < -0.39 is 0 Å². The van der Waals surface area contributed by atoms with Gasteiger partial charge in [-0.15, -0.1) is 16.4 Å². The maximum atomic E-state index is 11.3. The van der Waals surface area contributed by atoms with Gasteiger partial charge in [0.05, 0.1) is 10.8 Å². The maximum absolute atomic E-state index is 11.3. The molecule has 0 atom stereocenters. The Labute approximate surface area is 100 Å². The first kappa shape index (κ1) is 11.4. The van der Waals surface area contributed by atoms with Crippen molar-refractivity contribution in [3.8, 4) is 0 Å². The average molecular weight is 257 g/mol. The summed E-state index contributed by atoms with van der Waals surface area (Å²) >= 11 is 2.92. The highest BCUT2D eigenvalue weighted by atomic mass is 32.2. The summed E-state index contributed by atoms with van der Waals surface area (Å²) in [6.45, 7) is 2.54. The summed E-state index contributed by atoms with van der Waals surface area (Å²) in [5.74, 6) is 0. The second kappa shape index (κ2) is 4.86. The SMILES string of the molecule is CCn1c(Sc2ccc(CO)s2)n[nH]c1=O. The molecule has 16 heavy (non-hydrogen) atoms. The number of aliphatic hydroxyl groups is 1. The molecule has 86 valence electrons. The molecule has 2 aromatic heterocycles. The molecule has 2 aromatic rings. The molecule has 0 aliphatic rings. The predicted octanol–water partition coefficient (Wildman–Crippen LogP) is 1.30. The van der Waals surface area contributed by atoms with Gasteiger partial charge in [0, 0.05) is 11.4 Å². The first-order valence-electron chi connectivity index (χ1n) is 4.77. The van der Waals surface area contributed by atoms with E-state index in [2.05, 4.69) is 10.2 Å². The second-order valence-corrected chi connectivity index (χ2v) is 5.47. The lowest BCUT2D eigenvalue weighted by atomic mass is 10.5. The van der Waals surface area contributed by atoms with Crippen LogP contribution in [0.2, 0.25) is 0 Å². The van der Waals surface area contributed by atoms with Gasteiger partial charge >= 0.3 is 5.69 Å². The van der Waals surface area contributed by atoms with Crippen molar-refractivity contribution in [3.05, 3.63) is 27.5 Å². The lowest BCUT2D eigenvalue weighted by Crippen LogP contribution is -2.15. The van der Waals surface area contributed by atoms with Crippen molar-refractivity contribution in [2.45, 2.75) is 29.4 Å². The third-order valence-corrected chi connectivity index (χ3v) is 4.22. The standard InChI is InChI=1S/C9H11N3O2S2/c1-2-12-8(14)10-11-9(12)16-7-4-3-6(5-13)15-7/h3-4,13H,2,5H2,1H3,(H,10,14). The number of nitrogens with zero attached hydrogens (tertiary/aromatic N) is 2. The molecule has 2 N–H and O–H groups in total. The predicted molar refractivity (Wildman–Crippen MR) is 62.9 cm³/mol. The van der Waals surface area contributed by atoms with Crippen molar-refractivity contribution in [1.82, 2.24) is 14.8 Å². The van der Waals surface area contributed by atoms with Crippen LogP contribution in [-0.4, -0.2) is 19.9 Å². The van der Waals surface area contributed by atoms with Crippen LogP contribution in [0.5, 0.6) is 0 Å². The largest absolute Gasteiger partial charge is 0.391 e. The average Bonchev–Trinajstić information content (AvgIpc) is 2.86. The molecule has 0 fully saturated rings. The number of nitrogens with one attached hydrogen (secondary N) is 1. The van der Waals surface area contributed by atoms with Crippen molar-refractivity contribution < 1.29 is 5.11 Å². The molecule has 0 aromatic carbocycles. The molecule has 0 saturated carbocycles. The van der Waals surface area contributed by atoms with E-state index in [1.54, 1.807) is 4.57 Å². The summed E-state index contributed by atoms with van der Waals surface area (Å²) < 4.78 is 2.58. The number of aliphatic hydroxyl groups excluding tert-OH is 1. The summed E-state index contributed by atoms with van der Waals surface area (Å²) in [6, 6.07) is 3.79. The molecule has 5 nitrogen and oxygen atoms in total. The fraction of sp³-hybridized carbons (Fsp3) is 0.333. The van der Waals surface area contributed by atoms with Crippen LogP contribution in [0, 0.1) is 0 Å². The highest BCUT2D eigenvalue weighted by molar-refractivity contribution is 8.01. The van der Waals surface area contributed by atoms with Gasteiger partial charge in [0.25, 0.3) is 0 Å². The van der Waals surface area contributed by atoms with Gasteiger partial charge in [0.15, 0.2) is 5.16 Å². The number of hydrogen-bond acceptors (Lipinski definition) is 5. The Balaban J connectivity index is 2.23. The molecule has 0 aliphatic carbocycles. The van der Waals surface area contributed by atoms with E-state index in [-0.39, 0.29) is 12.3 Å². The normalized spacial score (nSPS) is 10.9. The van der Waals surface area contributed by atoms with Crippen LogP contribution in [0.15, 0.2) is 26.3 Å². The van der Waals surface area contributed by atoms with E-state index in [1.807, 2.05) is 19.1 Å². The van der Waals surface area contributed by atoms with E-state index in [9.17, 15) is 4.79 Å². The number of aromatic amines is 1. The monoisotopic (exact) mass is 257 g/mol. The zero-order chi connectivity index (χ0) is 11.5. The molecule has 0 bridgehead atoms. The molecule has 0 unspecified atom stereocenters. The molecule has 2 rings (SSSR count). The van der Waals surface area contributed by atoms with E-state index >= 15 is 0 Å². The summed E-state index contributed by atoms with van der Waals surface area (Å²) in [5, 5.41) is 16.0. The molecular formula is C9H11N3O2S2. The maximum Gasteiger partial charge on any atom is 0.343 e. The summed E-state index contributed by atoms with van der Waals surface area (Å²) in [4.78, 5) is 12.2. The van der Waals surface area contributed by atoms with Gasteiger partial charge in [-0.25, -0.2) is 9.89 Å². The molecule has 0 amide bonds. The number of hydrogen-bond donors (Lipinski definition) is 2. The minimum absolute atomic E-state index is 0.0480. The Hall–Kier alpha value is -1.05. The zero-order valence-electron chi connectivity index (χ0n) is 8.64. The third-order valence-electron chi connectivity index (χ3n) is 2.02. The van der Waals surface area contributed by atoms with Gasteiger partial charge < -0.3 is 5.11 Å². The highest BCUT2D eigenvalue weighted by Gasteiger charge is 2.09. The lowest BCUT2D eigenvalue weighted by molar-refractivity contribution is 0.285. The van der Waals surface area contributed by atoms with Crippen LogP contribution >= 0.6 is 23.1 Å². The molecular weight excluding hydrogens is 246 g/mol. The van der Waals surface area contributed by atoms with Gasteiger partial charge in [-0.2, -0.15) is 0 Å².